The molecule has 0 aromatic heterocycles. The molecule has 0 aliphatic carbocycles. The number of carboxylic acid groups (broad SMARTS) is 1. The molecule has 0 spiro atoms. The molecule has 1 N–H and O–H groups in total. The van der Waals surface area contributed by atoms with Crippen molar-refractivity contribution in [3.63, 3.8) is 0 Å². The minimum absolute atomic E-state index is 0.193. The van der Waals surface area contributed by atoms with E-state index in [1.165, 1.54) is 28.8 Å². The van der Waals surface area contributed by atoms with Crippen LogP contribution in [0.4, 0.5) is 0 Å². The maximum absolute atomic E-state index is 12.1. The van der Waals surface area contributed by atoms with Crippen LogP contribution in [0.2, 0.25) is 5.02 Å². The van der Waals surface area contributed by atoms with E-state index in [9.17, 15) is 13.2 Å². The lowest BCUT2D eigenvalue weighted by Gasteiger charge is -2.35. The van der Waals surface area contributed by atoms with Gasteiger partial charge in [0.2, 0.25) is 0 Å². The van der Waals surface area contributed by atoms with E-state index in [-0.39, 0.29) is 5.56 Å². The molecule has 1 aliphatic heterocycles. The number of aromatic carboxylic acids is 1. The fourth-order valence-corrected chi connectivity index (χ4v) is 3.68. The molecule has 23 heavy (non-hydrogen) atoms. The minimum atomic E-state index is -3.39. The van der Waals surface area contributed by atoms with Gasteiger partial charge in [-0.1, -0.05) is 11.6 Å². The Balaban J connectivity index is 2.02. The van der Waals surface area contributed by atoms with Crippen LogP contribution in [0.5, 0.6) is 0 Å². The molecule has 0 unspecified atom stereocenters. The van der Waals surface area contributed by atoms with Gasteiger partial charge in [-0.05, 0) is 23.8 Å². The number of carbonyl (C=O) groups is 1. The van der Waals surface area contributed by atoms with E-state index in [2.05, 4.69) is 4.90 Å². The summed E-state index contributed by atoms with van der Waals surface area (Å²) in [6.07, 6.45) is 0. The molecule has 0 amide bonds. The van der Waals surface area contributed by atoms with Crippen LogP contribution in [0, 0.1) is 0 Å². The van der Waals surface area contributed by atoms with Crippen LogP contribution in [0.3, 0.4) is 0 Å². The molecule has 0 saturated carbocycles. The minimum Gasteiger partial charge on any atom is -0.478 e. The summed E-state index contributed by atoms with van der Waals surface area (Å²) in [6.45, 7) is 2.44. The number of halogens is 1. The van der Waals surface area contributed by atoms with Crippen LogP contribution in [-0.4, -0.2) is 73.3 Å². The smallest absolute Gasteiger partial charge is 0.335 e. The van der Waals surface area contributed by atoms with Crippen LogP contribution in [-0.2, 0) is 16.8 Å². The normalized spacial score (nSPS) is 17.6. The fraction of sp³-hybridized carbons (Fsp3) is 0.500. The van der Waals surface area contributed by atoms with Crippen molar-refractivity contribution in [1.82, 2.24) is 13.5 Å². The highest BCUT2D eigenvalue weighted by molar-refractivity contribution is 7.86. The Morgan fingerprint density at radius 1 is 1.26 bits per heavy atom. The van der Waals surface area contributed by atoms with Crippen molar-refractivity contribution in [3.05, 3.63) is 34.3 Å². The molecule has 0 radical (unpaired) electrons. The standard InChI is InChI=1S/C14H20ClN3O4S/c1-16(2)23(21,22)18-7-5-17(6-8-18)10-12-9-11(14(19)20)3-4-13(12)15/h3-4,9H,5-8,10H2,1-2H3,(H,19,20). The predicted octanol–water partition coefficient (Wildman–Crippen LogP) is 0.962. The lowest BCUT2D eigenvalue weighted by molar-refractivity contribution is 0.0696. The summed E-state index contributed by atoms with van der Waals surface area (Å²) in [5.41, 5.74) is 0.925. The van der Waals surface area contributed by atoms with Gasteiger partial charge in [0.25, 0.3) is 10.2 Å². The summed E-state index contributed by atoms with van der Waals surface area (Å²) >= 11 is 6.13. The highest BCUT2D eigenvalue weighted by Crippen LogP contribution is 2.21. The van der Waals surface area contributed by atoms with Crippen molar-refractivity contribution in [2.24, 2.45) is 0 Å². The first-order valence-electron chi connectivity index (χ1n) is 7.13. The van der Waals surface area contributed by atoms with Gasteiger partial charge in [-0.15, -0.1) is 0 Å². The Labute approximate surface area is 141 Å². The number of benzene rings is 1. The van der Waals surface area contributed by atoms with Crippen LogP contribution < -0.4 is 0 Å². The topological polar surface area (TPSA) is 81.2 Å². The van der Waals surface area contributed by atoms with Crippen LogP contribution in [0.1, 0.15) is 15.9 Å². The van der Waals surface area contributed by atoms with Crippen molar-refractivity contribution in [3.8, 4) is 0 Å². The maximum Gasteiger partial charge on any atom is 0.335 e. The second-order valence-corrected chi connectivity index (χ2v) is 8.13. The molecular formula is C14H20ClN3O4S. The van der Waals surface area contributed by atoms with Gasteiger partial charge >= 0.3 is 5.97 Å². The number of rotatable bonds is 5. The van der Waals surface area contributed by atoms with Crippen LogP contribution in [0.25, 0.3) is 0 Å². The van der Waals surface area contributed by atoms with E-state index < -0.39 is 16.2 Å². The molecule has 2 rings (SSSR count). The summed E-state index contributed by atoms with van der Waals surface area (Å²) in [5.74, 6) is -0.996. The molecule has 1 heterocycles. The highest BCUT2D eigenvalue weighted by atomic mass is 35.5. The third-order valence-corrected chi connectivity index (χ3v) is 6.11. The Morgan fingerprint density at radius 2 is 1.87 bits per heavy atom. The number of nitrogens with zero attached hydrogens (tertiary/aromatic N) is 3. The van der Waals surface area contributed by atoms with Crippen molar-refractivity contribution in [2.45, 2.75) is 6.54 Å². The van der Waals surface area contributed by atoms with Crippen LogP contribution >= 0.6 is 11.6 Å². The average Bonchev–Trinajstić information content (AvgIpc) is 2.49. The van der Waals surface area contributed by atoms with E-state index >= 15 is 0 Å². The first kappa shape index (κ1) is 18.2. The maximum atomic E-state index is 12.1. The second kappa shape index (κ2) is 7.14. The predicted molar refractivity (Wildman–Crippen MR) is 87.9 cm³/mol. The zero-order chi connectivity index (χ0) is 17.2. The Bertz CT molecular complexity index is 685. The van der Waals surface area contributed by atoms with E-state index in [1.807, 2.05) is 0 Å². The SMILES string of the molecule is CN(C)S(=O)(=O)N1CCN(Cc2cc(C(=O)O)ccc2Cl)CC1. The van der Waals surface area contributed by atoms with Crippen molar-refractivity contribution >= 4 is 27.8 Å². The molecule has 1 aliphatic rings. The third-order valence-electron chi connectivity index (χ3n) is 3.81. The van der Waals surface area contributed by atoms with Crippen LogP contribution in [0.15, 0.2) is 18.2 Å². The van der Waals surface area contributed by atoms with Crippen molar-refractivity contribution < 1.29 is 18.3 Å². The Morgan fingerprint density at radius 3 is 2.39 bits per heavy atom. The molecule has 0 bridgehead atoms. The van der Waals surface area contributed by atoms with Gasteiger partial charge in [0.05, 0.1) is 5.56 Å². The van der Waals surface area contributed by atoms with E-state index in [0.717, 1.165) is 5.56 Å². The van der Waals surface area contributed by atoms with Gasteiger partial charge in [0, 0.05) is 51.8 Å². The summed E-state index contributed by atoms with van der Waals surface area (Å²) in [5, 5.41) is 9.56. The zero-order valence-corrected chi connectivity index (χ0v) is 14.6. The number of piperazine rings is 1. The molecule has 1 aromatic rings. The fourth-order valence-electron chi connectivity index (χ4n) is 2.42. The van der Waals surface area contributed by atoms with Gasteiger partial charge < -0.3 is 5.11 Å². The summed E-state index contributed by atoms with van der Waals surface area (Å²) in [7, 11) is -0.361. The Kier molecular flexibility index (Phi) is 5.64. The molecule has 7 nitrogen and oxygen atoms in total. The molecule has 0 atom stereocenters. The molecule has 9 heteroatoms. The van der Waals surface area contributed by atoms with Crippen molar-refractivity contribution in [1.29, 1.82) is 0 Å². The van der Waals surface area contributed by atoms with Gasteiger partial charge in [0.1, 0.15) is 0 Å². The molecule has 128 valence electrons. The summed E-state index contributed by atoms with van der Waals surface area (Å²) in [4.78, 5) is 13.1. The average molecular weight is 362 g/mol. The molecule has 1 fully saturated rings. The first-order chi connectivity index (χ1) is 10.7. The van der Waals surface area contributed by atoms with E-state index in [1.54, 1.807) is 12.1 Å². The quantitative estimate of drug-likeness (QED) is 0.845. The third kappa shape index (κ3) is 4.21. The molecule has 1 saturated heterocycles. The second-order valence-electron chi connectivity index (χ2n) is 5.58. The largest absolute Gasteiger partial charge is 0.478 e. The monoisotopic (exact) mass is 361 g/mol. The summed E-state index contributed by atoms with van der Waals surface area (Å²) < 4.78 is 26.8. The number of hydrogen-bond acceptors (Lipinski definition) is 4. The zero-order valence-electron chi connectivity index (χ0n) is 13.1. The van der Waals surface area contributed by atoms with E-state index in [4.69, 9.17) is 16.7 Å². The lowest BCUT2D eigenvalue weighted by atomic mass is 10.1. The molecular weight excluding hydrogens is 342 g/mol. The van der Waals surface area contributed by atoms with Gasteiger partial charge in [-0.25, -0.2) is 4.79 Å². The van der Waals surface area contributed by atoms with Crippen molar-refractivity contribution in [2.75, 3.05) is 40.3 Å². The summed E-state index contributed by atoms with van der Waals surface area (Å²) in [6, 6.07) is 4.61. The molecule has 1 aromatic carbocycles. The number of hydrogen-bond donors (Lipinski definition) is 1. The highest BCUT2D eigenvalue weighted by Gasteiger charge is 2.28. The van der Waals surface area contributed by atoms with E-state index in [0.29, 0.717) is 37.7 Å². The lowest BCUT2D eigenvalue weighted by Crippen LogP contribution is -2.51. The van der Waals surface area contributed by atoms with Gasteiger partial charge in [0.15, 0.2) is 0 Å². The van der Waals surface area contributed by atoms with Gasteiger partial charge in [-0.2, -0.15) is 17.0 Å². The number of carboxylic acids is 1. The Hall–Kier alpha value is -1.19. The van der Waals surface area contributed by atoms with Gasteiger partial charge in [-0.3, -0.25) is 4.90 Å². The first-order valence-corrected chi connectivity index (χ1v) is 8.91.